The maximum atomic E-state index is 13.2. The van der Waals surface area contributed by atoms with Crippen LogP contribution in [0.15, 0.2) is 12.1 Å². The SMILES string of the molecule is CCCC(C(=O)Nc1c(C)cc(OC)cc1C)[PH](CC)(CC)CC. The second-order valence-corrected chi connectivity index (χ2v) is 12.4. The molecule has 0 radical (unpaired) electrons. The van der Waals surface area contributed by atoms with Gasteiger partial charge in [-0.05, 0) is 0 Å². The number of rotatable bonds is 9. The minimum absolute atomic E-state index is 0.198. The monoisotopic (exact) mass is 353 g/mol. The zero-order valence-corrected chi connectivity index (χ0v) is 17.6. The Morgan fingerprint density at radius 2 is 1.58 bits per heavy atom. The Bertz CT molecular complexity index is 521. The summed E-state index contributed by atoms with van der Waals surface area (Å²) in [5.41, 5.74) is 3.27. The molecule has 0 saturated heterocycles. The Balaban J connectivity index is 3.14. The number of ether oxygens (including phenoxy) is 1. The predicted octanol–water partition coefficient (Wildman–Crippen LogP) is 5.23. The normalized spacial score (nSPS) is 13.5. The van der Waals surface area contributed by atoms with Gasteiger partial charge in [0.15, 0.2) is 0 Å². The van der Waals surface area contributed by atoms with Crippen molar-refractivity contribution in [3.8, 4) is 5.75 Å². The summed E-state index contributed by atoms with van der Waals surface area (Å²) in [5, 5.41) is 3.26. The van der Waals surface area contributed by atoms with E-state index >= 15 is 0 Å². The van der Waals surface area contributed by atoms with Crippen LogP contribution in [0, 0.1) is 13.8 Å². The van der Waals surface area contributed by atoms with Crippen LogP contribution in [0.1, 0.15) is 51.7 Å². The molecule has 1 rings (SSSR count). The first-order valence-corrected chi connectivity index (χ1v) is 12.0. The number of anilines is 1. The van der Waals surface area contributed by atoms with Crippen molar-refractivity contribution in [2.75, 3.05) is 30.9 Å². The molecule has 0 aliphatic carbocycles. The number of benzene rings is 1. The molecule has 0 aliphatic rings. The number of nitrogens with one attached hydrogen (secondary N) is 1. The van der Waals surface area contributed by atoms with Gasteiger partial charge in [0.05, 0.1) is 0 Å². The molecule has 0 fully saturated rings. The van der Waals surface area contributed by atoms with E-state index in [2.05, 4.69) is 33.0 Å². The Morgan fingerprint density at radius 1 is 1.08 bits per heavy atom. The molecule has 138 valence electrons. The Kier molecular flexibility index (Phi) is 8.22. The van der Waals surface area contributed by atoms with Crippen LogP contribution >= 0.6 is 7.26 Å². The van der Waals surface area contributed by atoms with Gasteiger partial charge in [0, 0.05) is 0 Å². The van der Waals surface area contributed by atoms with Gasteiger partial charge in [-0.2, -0.15) is 0 Å². The molecule has 1 unspecified atom stereocenters. The van der Waals surface area contributed by atoms with Gasteiger partial charge < -0.3 is 0 Å². The first kappa shape index (κ1) is 21.0. The predicted molar refractivity (Wildman–Crippen MR) is 110 cm³/mol. The van der Waals surface area contributed by atoms with Crippen molar-refractivity contribution >= 4 is 18.9 Å². The van der Waals surface area contributed by atoms with Crippen molar-refractivity contribution < 1.29 is 9.53 Å². The molecule has 0 bridgehead atoms. The number of hydrogen-bond donors (Lipinski definition) is 1. The van der Waals surface area contributed by atoms with Gasteiger partial charge in [-0.3, -0.25) is 0 Å². The summed E-state index contributed by atoms with van der Waals surface area (Å²) >= 11 is 0. The van der Waals surface area contributed by atoms with E-state index in [9.17, 15) is 4.79 Å². The fourth-order valence-electron chi connectivity index (χ4n) is 3.94. The summed E-state index contributed by atoms with van der Waals surface area (Å²) in [5.74, 6) is 1.07. The topological polar surface area (TPSA) is 38.3 Å². The van der Waals surface area contributed by atoms with Gasteiger partial charge in [-0.1, -0.05) is 0 Å². The van der Waals surface area contributed by atoms with Gasteiger partial charge in [-0.25, -0.2) is 0 Å². The molecule has 24 heavy (non-hydrogen) atoms. The second kappa shape index (κ2) is 9.42. The van der Waals surface area contributed by atoms with E-state index in [0.29, 0.717) is 0 Å². The molecular formula is C20H36NO2P. The number of hydrogen-bond acceptors (Lipinski definition) is 2. The quantitative estimate of drug-likeness (QED) is 0.617. The maximum absolute atomic E-state index is 13.2. The van der Waals surface area contributed by atoms with Gasteiger partial charge in [-0.15, -0.1) is 0 Å². The molecule has 4 heteroatoms. The second-order valence-electron chi connectivity index (χ2n) is 6.89. The molecule has 1 aromatic rings. The molecule has 1 amide bonds. The number of aryl methyl sites for hydroxylation is 2. The van der Waals surface area contributed by atoms with Crippen LogP contribution in [0.25, 0.3) is 0 Å². The first-order chi connectivity index (χ1) is 11.4. The minimum atomic E-state index is -1.57. The third kappa shape index (κ3) is 4.51. The van der Waals surface area contributed by atoms with Gasteiger partial charge >= 0.3 is 148 Å². The van der Waals surface area contributed by atoms with E-state index in [4.69, 9.17) is 4.74 Å². The fraction of sp³-hybridized carbons (Fsp3) is 0.650. The summed E-state index contributed by atoms with van der Waals surface area (Å²) in [6.07, 6.45) is 5.60. The molecule has 0 heterocycles. The Labute approximate surface area is 148 Å². The van der Waals surface area contributed by atoms with Crippen molar-refractivity contribution in [1.82, 2.24) is 0 Å². The van der Waals surface area contributed by atoms with E-state index in [-0.39, 0.29) is 11.6 Å². The van der Waals surface area contributed by atoms with E-state index in [1.165, 1.54) is 18.5 Å². The first-order valence-electron chi connectivity index (χ1n) is 9.35. The summed E-state index contributed by atoms with van der Waals surface area (Å²) in [4.78, 5) is 13.2. The van der Waals surface area contributed by atoms with E-state index in [1.54, 1.807) is 7.11 Å². The van der Waals surface area contributed by atoms with Crippen molar-refractivity contribution in [1.29, 1.82) is 0 Å². The Morgan fingerprint density at radius 3 is 1.96 bits per heavy atom. The molecule has 3 nitrogen and oxygen atoms in total. The van der Waals surface area contributed by atoms with Crippen LogP contribution in [0.2, 0.25) is 0 Å². The summed E-state index contributed by atoms with van der Waals surface area (Å²) in [6.45, 7) is 13.1. The molecular weight excluding hydrogens is 317 g/mol. The van der Waals surface area contributed by atoms with Crippen molar-refractivity contribution in [3.63, 3.8) is 0 Å². The summed E-state index contributed by atoms with van der Waals surface area (Å²) < 4.78 is 5.32. The van der Waals surface area contributed by atoms with E-state index in [0.717, 1.165) is 35.4 Å². The number of carbonyl (C=O) groups is 1. The van der Waals surface area contributed by atoms with Gasteiger partial charge in [0.25, 0.3) is 0 Å². The van der Waals surface area contributed by atoms with Crippen LogP contribution in [0.4, 0.5) is 5.69 Å². The number of methoxy groups -OCH3 is 1. The third-order valence-electron chi connectivity index (χ3n) is 5.74. The van der Waals surface area contributed by atoms with Crippen LogP contribution in [-0.4, -0.2) is 37.2 Å². The average molecular weight is 353 g/mol. The van der Waals surface area contributed by atoms with Gasteiger partial charge in [0.1, 0.15) is 0 Å². The van der Waals surface area contributed by atoms with E-state index in [1.807, 2.05) is 26.0 Å². The molecule has 0 saturated carbocycles. The fourth-order valence-corrected chi connectivity index (χ4v) is 8.45. The zero-order valence-electron chi connectivity index (χ0n) is 16.6. The number of amides is 1. The van der Waals surface area contributed by atoms with E-state index < -0.39 is 7.26 Å². The van der Waals surface area contributed by atoms with Crippen molar-refractivity contribution in [2.45, 2.75) is 60.0 Å². The van der Waals surface area contributed by atoms with Crippen LogP contribution in [-0.2, 0) is 4.79 Å². The molecule has 1 atom stereocenters. The Hall–Kier alpha value is -1.08. The number of carbonyl (C=O) groups excluding carboxylic acids is 1. The molecule has 0 aliphatic heterocycles. The van der Waals surface area contributed by atoms with Gasteiger partial charge in [0.2, 0.25) is 0 Å². The third-order valence-corrected chi connectivity index (χ3v) is 12.0. The van der Waals surface area contributed by atoms with Crippen molar-refractivity contribution in [3.05, 3.63) is 23.3 Å². The van der Waals surface area contributed by atoms with Crippen molar-refractivity contribution in [2.24, 2.45) is 0 Å². The standard InChI is InChI=1S/C20H36NO2P/c1-8-12-18(24(9-2,10-3)11-4)20(22)21-19-15(5)13-17(23-7)14-16(19)6/h13-14,18,24H,8-12H2,1-7H3,(H,21,22). The zero-order chi connectivity index (χ0) is 18.3. The molecule has 0 spiro atoms. The molecule has 1 N–H and O–H groups in total. The average Bonchev–Trinajstić information content (AvgIpc) is 2.58. The molecule has 1 aromatic carbocycles. The van der Waals surface area contributed by atoms with Crippen LogP contribution in [0.3, 0.4) is 0 Å². The molecule has 0 aromatic heterocycles. The van der Waals surface area contributed by atoms with Crippen LogP contribution in [0.5, 0.6) is 5.75 Å². The summed E-state index contributed by atoms with van der Waals surface area (Å²) in [6, 6.07) is 3.98. The van der Waals surface area contributed by atoms with Crippen LogP contribution < -0.4 is 10.1 Å². The summed E-state index contributed by atoms with van der Waals surface area (Å²) in [7, 11) is 0.100.